The third-order valence-electron chi connectivity index (χ3n) is 3.75. The summed E-state index contributed by atoms with van der Waals surface area (Å²) in [6.45, 7) is -0.168. The van der Waals surface area contributed by atoms with Crippen LogP contribution in [0.15, 0.2) is 12.7 Å². The van der Waals surface area contributed by atoms with Crippen LogP contribution < -0.4 is 5.73 Å². The van der Waals surface area contributed by atoms with Crippen LogP contribution in [-0.4, -0.2) is 53.7 Å². The van der Waals surface area contributed by atoms with Crippen LogP contribution >= 0.6 is 0 Å². The van der Waals surface area contributed by atoms with E-state index in [1.807, 2.05) is 0 Å². The molecule has 1 aliphatic rings. The SMILES string of the molecule is Nc1ncnc2c1ncn2C1C[C@H](CO)[C@@H](O)[C@H]1O. The van der Waals surface area contributed by atoms with Crippen molar-refractivity contribution in [3.8, 4) is 0 Å². The number of aliphatic hydroxyl groups is 3. The van der Waals surface area contributed by atoms with Crippen molar-refractivity contribution in [3.63, 3.8) is 0 Å². The highest BCUT2D eigenvalue weighted by Crippen LogP contribution is 2.36. The van der Waals surface area contributed by atoms with Gasteiger partial charge in [0.25, 0.3) is 0 Å². The topological polar surface area (TPSA) is 130 Å². The number of fused-ring (bicyclic) bond motifs is 1. The number of hydrogen-bond donors (Lipinski definition) is 4. The Bertz CT molecular complexity index is 601. The molecule has 2 heterocycles. The van der Waals surface area contributed by atoms with Gasteiger partial charge in [0.1, 0.15) is 17.9 Å². The standard InChI is InChI=1S/C11H15N5O3/c12-10-7-11(14-3-13-10)16(4-15-7)6-1-5(2-17)8(18)9(6)19/h3-6,8-9,17-19H,1-2H2,(H2,12,13,14)/t5-,6?,8-,9+/m1/s1. The molecule has 0 aliphatic heterocycles. The lowest BCUT2D eigenvalue weighted by Crippen LogP contribution is -2.30. The quantitative estimate of drug-likeness (QED) is 0.530. The summed E-state index contributed by atoms with van der Waals surface area (Å²) in [6, 6.07) is -0.383. The molecule has 0 spiro atoms. The second-order valence-corrected chi connectivity index (χ2v) is 4.81. The van der Waals surface area contributed by atoms with Gasteiger partial charge in [-0.1, -0.05) is 0 Å². The maximum Gasteiger partial charge on any atom is 0.165 e. The van der Waals surface area contributed by atoms with Crippen LogP contribution in [0.3, 0.4) is 0 Å². The average Bonchev–Trinajstić information content (AvgIpc) is 2.94. The minimum Gasteiger partial charge on any atom is -0.396 e. The molecule has 0 saturated heterocycles. The van der Waals surface area contributed by atoms with Crippen LogP contribution in [0.4, 0.5) is 5.82 Å². The number of anilines is 1. The summed E-state index contributed by atoms with van der Waals surface area (Å²) in [6.07, 6.45) is 1.39. The summed E-state index contributed by atoms with van der Waals surface area (Å²) >= 11 is 0. The Morgan fingerprint density at radius 3 is 2.74 bits per heavy atom. The molecule has 1 aliphatic carbocycles. The van der Waals surface area contributed by atoms with E-state index in [1.165, 1.54) is 12.7 Å². The molecule has 2 aromatic heterocycles. The fourth-order valence-electron chi connectivity index (χ4n) is 2.67. The molecule has 19 heavy (non-hydrogen) atoms. The number of hydrogen-bond acceptors (Lipinski definition) is 7. The smallest absolute Gasteiger partial charge is 0.165 e. The van der Waals surface area contributed by atoms with Gasteiger partial charge in [-0.25, -0.2) is 15.0 Å². The monoisotopic (exact) mass is 265 g/mol. The molecule has 4 atom stereocenters. The van der Waals surface area contributed by atoms with Gasteiger partial charge in [0, 0.05) is 12.5 Å². The summed E-state index contributed by atoms with van der Waals surface area (Å²) in [7, 11) is 0. The van der Waals surface area contributed by atoms with Crippen molar-refractivity contribution >= 4 is 17.0 Å². The van der Waals surface area contributed by atoms with E-state index in [0.717, 1.165) is 0 Å². The van der Waals surface area contributed by atoms with E-state index in [0.29, 0.717) is 17.6 Å². The van der Waals surface area contributed by atoms with Crippen molar-refractivity contribution < 1.29 is 15.3 Å². The zero-order chi connectivity index (χ0) is 13.6. The highest BCUT2D eigenvalue weighted by Gasteiger charge is 2.42. The maximum absolute atomic E-state index is 10.1. The molecule has 5 N–H and O–H groups in total. The van der Waals surface area contributed by atoms with Gasteiger partial charge >= 0.3 is 0 Å². The number of imidazole rings is 1. The molecule has 0 bridgehead atoms. The highest BCUT2D eigenvalue weighted by molar-refractivity contribution is 5.81. The molecule has 102 valence electrons. The average molecular weight is 265 g/mol. The van der Waals surface area contributed by atoms with E-state index in [1.54, 1.807) is 4.57 Å². The lowest BCUT2D eigenvalue weighted by Gasteiger charge is -2.18. The molecule has 0 radical (unpaired) electrons. The van der Waals surface area contributed by atoms with Crippen molar-refractivity contribution in [2.45, 2.75) is 24.7 Å². The molecular weight excluding hydrogens is 250 g/mol. The first-order valence-electron chi connectivity index (χ1n) is 6.03. The zero-order valence-corrected chi connectivity index (χ0v) is 10.1. The molecule has 1 unspecified atom stereocenters. The summed E-state index contributed by atoms with van der Waals surface area (Å²) in [5.41, 5.74) is 6.69. The number of nitrogens with two attached hydrogens (primary N) is 1. The number of aromatic nitrogens is 4. The number of rotatable bonds is 2. The molecule has 8 heteroatoms. The zero-order valence-electron chi connectivity index (χ0n) is 10.1. The normalized spacial score (nSPS) is 31.1. The molecule has 8 nitrogen and oxygen atoms in total. The van der Waals surface area contributed by atoms with Crippen molar-refractivity contribution in [1.29, 1.82) is 0 Å². The van der Waals surface area contributed by atoms with Crippen molar-refractivity contribution in [2.24, 2.45) is 5.92 Å². The number of nitrogen functional groups attached to an aromatic ring is 1. The number of nitrogens with zero attached hydrogens (tertiary/aromatic N) is 4. The third-order valence-corrected chi connectivity index (χ3v) is 3.75. The fraction of sp³-hybridized carbons (Fsp3) is 0.545. The molecule has 3 rings (SSSR count). The van der Waals surface area contributed by atoms with E-state index < -0.39 is 12.2 Å². The second-order valence-electron chi connectivity index (χ2n) is 4.81. The molecule has 1 fully saturated rings. The molecular formula is C11H15N5O3. The second kappa shape index (κ2) is 4.41. The van der Waals surface area contributed by atoms with Crippen molar-refractivity contribution in [3.05, 3.63) is 12.7 Å². The van der Waals surface area contributed by atoms with Gasteiger partial charge in [-0.2, -0.15) is 0 Å². The van der Waals surface area contributed by atoms with Gasteiger partial charge in [0.05, 0.1) is 18.5 Å². The van der Waals surface area contributed by atoms with E-state index in [9.17, 15) is 15.3 Å². The first kappa shape index (κ1) is 12.3. The predicted molar refractivity (Wildman–Crippen MR) is 66.0 cm³/mol. The Hall–Kier alpha value is -1.77. The van der Waals surface area contributed by atoms with Crippen LogP contribution in [0.2, 0.25) is 0 Å². The van der Waals surface area contributed by atoms with Gasteiger partial charge in [-0.15, -0.1) is 0 Å². The summed E-state index contributed by atoms with van der Waals surface area (Å²) in [5, 5.41) is 29.1. The first-order chi connectivity index (χ1) is 9.13. The van der Waals surface area contributed by atoms with Gasteiger partial charge in [0.2, 0.25) is 0 Å². The van der Waals surface area contributed by atoms with Gasteiger partial charge in [-0.05, 0) is 6.42 Å². The molecule has 0 amide bonds. The van der Waals surface area contributed by atoms with E-state index in [-0.39, 0.29) is 24.4 Å². The Morgan fingerprint density at radius 1 is 1.26 bits per heavy atom. The molecule has 1 saturated carbocycles. The van der Waals surface area contributed by atoms with Gasteiger partial charge in [0.15, 0.2) is 11.5 Å². The lowest BCUT2D eigenvalue weighted by atomic mass is 10.1. The van der Waals surface area contributed by atoms with E-state index in [4.69, 9.17) is 5.73 Å². The predicted octanol–water partition coefficient (Wildman–Crippen LogP) is -1.32. The lowest BCUT2D eigenvalue weighted by molar-refractivity contribution is -0.00370. The first-order valence-corrected chi connectivity index (χ1v) is 6.03. The van der Waals surface area contributed by atoms with Crippen LogP contribution in [0.5, 0.6) is 0 Å². The summed E-state index contributed by atoms with van der Waals surface area (Å²) in [4.78, 5) is 12.1. The fourth-order valence-corrected chi connectivity index (χ4v) is 2.67. The Kier molecular flexibility index (Phi) is 2.85. The van der Waals surface area contributed by atoms with Gasteiger partial charge < -0.3 is 25.6 Å². The van der Waals surface area contributed by atoms with E-state index >= 15 is 0 Å². The summed E-state index contributed by atoms with van der Waals surface area (Å²) < 4.78 is 1.68. The number of aliphatic hydroxyl groups excluding tert-OH is 3. The Morgan fingerprint density at radius 2 is 2.05 bits per heavy atom. The highest BCUT2D eigenvalue weighted by atomic mass is 16.3. The van der Waals surface area contributed by atoms with Crippen LogP contribution in [0.25, 0.3) is 11.2 Å². The largest absolute Gasteiger partial charge is 0.396 e. The molecule has 0 aromatic carbocycles. The Balaban J connectivity index is 2.04. The van der Waals surface area contributed by atoms with Gasteiger partial charge in [-0.3, -0.25) is 0 Å². The third kappa shape index (κ3) is 1.76. The minimum absolute atomic E-state index is 0.168. The maximum atomic E-state index is 10.1. The summed E-state index contributed by atoms with van der Waals surface area (Å²) in [5.74, 6) is -0.0767. The van der Waals surface area contributed by atoms with E-state index in [2.05, 4.69) is 15.0 Å². The van der Waals surface area contributed by atoms with Crippen molar-refractivity contribution in [1.82, 2.24) is 19.5 Å². The van der Waals surface area contributed by atoms with Crippen molar-refractivity contribution in [2.75, 3.05) is 12.3 Å². The van der Waals surface area contributed by atoms with Crippen LogP contribution in [0.1, 0.15) is 12.5 Å². The molecule has 2 aromatic rings. The van der Waals surface area contributed by atoms with Crippen LogP contribution in [-0.2, 0) is 0 Å². The van der Waals surface area contributed by atoms with Crippen LogP contribution in [0, 0.1) is 5.92 Å². The Labute approximate surface area is 108 Å². The minimum atomic E-state index is -0.967.